The minimum absolute atomic E-state index is 0.386. The van der Waals surface area contributed by atoms with Crippen LogP contribution in [0.25, 0.3) is 0 Å². The maximum Gasteiger partial charge on any atom is 0.226 e. The van der Waals surface area contributed by atoms with Crippen LogP contribution in [0.4, 0.5) is 0 Å². The second-order valence-corrected chi connectivity index (χ2v) is 5.90. The van der Waals surface area contributed by atoms with Crippen LogP contribution in [0.3, 0.4) is 0 Å². The lowest BCUT2D eigenvalue weighted by Crippen LogP contribution is -2.30. The summed E-state index contributed by atoms with van der Waals surface area (Å²) >= 11 is 0. The molecule has 2 heterocycles. The normalized spacial score (nSPS) is 19.9. The third-order valence-electron chi connectivity index (χ3n) is 4.60. The fourth-order valence-electron chi connectivity index (χ4n) is 3.15. The van der Waals surface area contributed by atoms with Gasteiger partial charge in [-0.3, -0.25) is 0 Å². The van der Waals surface area contributed by atoms with E-state index in [1.807, 2.05) is 6.92 Å². The number of nitrogens with zero attached hydrogens (tertiary/aromatic N) is 2. The van der Waals surface area contributed by atoms with Crippen LogP contribution in [0.5, 0.6) is 0 Å². The molecular formula is C16H29N3O2. The molecule has 1 atom stereocenters. The molecule has 0 saturated carbocycles. The van der Waals surface area contributed by atoms with Crippen LogP contribution in [-0.2, 0) is 16.8 Å². The third kappa shape index (κ3) is 4.04. The van der Waals surface area contributed by atoms with Gasteiger partial charge in [-0.15, -0.1) is 0 Å². The molecule has 0 radical (unpaired) electrons. The zero-order chi connectivity index (χ0) is 15.1. The van der Waals surface area contributed by atoms with Crippen LogP contribution in [-0.4, -0.2) is 29.8 Å². The van der Waals surface area contributed by atoms with Crippen LogP contribution < -0.4 is 5.32 Å². The number of aromatic nitrogens is 2. The highest BCUT2D eigenvalue weighted by Crippen LogP contribution is 2.31. The molecule has 1 aliphatic rings. The number of rotatable bonds is 8. The fraction of sp³-hybridized carbons (Fsp3) is 0.875. The monoisotopic (exact) mass is 295 g/mol. The van der Waals surface area contributed by atoms with E-state index in [0.717, 1.165) is 50.6 Å². The van der Waals surface area contributed by atoms with Gasteiger partial charge in [-0.05, 0) is 58.0 Å². The Morgan fingerprint density at radius 3 is 2.76 bits per heavy atom. The summed E-state index contributed by atoms with van der Waals surface area (Å²) in [6, 6.07) is 0. The van der Waals surface area contributed by atoms with Crippen LogP contribution in [0, 0.1) is 5.92 Å². The zero-order valence-electron chi connectivity index (χ0n) is 13.7. The number of piperidine rings is 1. The molecular weight excluding hydrogens is 266 g/mol. The number of hydrogen-bond acceptors (Lipinski definition) is 5. The standard InChI is InChI=1S/C16H29N3O2/c1-4-16(5-2,20-6-3)15-18-14(21-19-15)10-9-13-8-7-11-17-12-13/h13,17H,4-12H2,1-3H3. The minimum Gasteiger partial charge on any atom is -0.367 e. The van der Waals surface area contributed by atoms with Gasteiger partial charge in [0.2, 0.25) is 11.7 Å². The van der Waals surface area contributed by atoms with Gasteiger partial charge in [0, 0.05) is 13.0 Å². The van der Waals surface area contributed by atoms with E-state index in [1.54, 1.807) is 0 Å². The van der Waals surface area contributed by atoms with E-state index < -0.39 is 0 Å². The van der Waals surface area contributed by atoms with Crippen molar-refractivity contribution < 1.29 is 9.26 Å². The van der Waals surface area contributed by atoms with E-state index in [1.165, 1.54) is 12.8 Å². The number of nitrogens with one attached hydrogen (secondary N) is 1. The van der Waals surface area contributed by atoms with Crippen molar-refractivity contribution in [3.05, 3.63) is 11.7 Å². The van der Waals surface area contributed by atoms with E-state index in [-0.39, 0.29) is 5.60 Å². The Balaban J connectivity index is 1.95. The Kier molecular flexibility index (Phi) is 6.18. The summed E-state index contributed by atoms with van der Waals surface area (Å²) in [5, 5.41) is 7.63. The molecule has 1 unspecified atom stereocenters. The molecule has 1 aliphatic heterocycles. The fourth-order valence-corrected chi connectivity index (χ4v) is 3.15. The Bertz CT molecular complexity index is 409. The Morgan fingerprint density at radius 1 is 1.33 bits per heavy atom. The average Bonchev–Trinajstić information content (AvgIpc) is 3.01. The SMILES string of the molecule is CCOC(CC)(CC)c1noc(CCC2CCCNC2)n1. The van der Waals surface area contributed by atoms with Gasteiger partial charge in [-0.25, -0.2) is 0 Å². The minimum atomic E-state index is -0.386. The van der Waals surface area contributed by atoms with E-state index in [2.05, 4.69) is 29.3 Å². The number of aryl methyl sites for hydroxylation is 1. The maximum atomic E-state index is 5.93. The maximum absolute atomic E-state index is 5.93. The molecule has 2 rings (SSSR count). The van der Waals surface area contributed by atoms with Crippen LogP contribution in [0.2, 0.25) is 0 Å². The van der Waals surface area contributed by atoms with E-state index in [9.17, 15) is 0 Å². The van der Waals surface area contributed by atoms with Crippen molar-refractivity contribution in [2.75, 3.05) is 19.7 Å². The highest BCUT2D eigenvalue weighted by Gasteiger charge is 2.34. The molecule has 0 spiro atoms. The third-order valence-corrected chi connectivity index (χ3v) is 4.60. The van der Waals surface area contributed by atoms with E-state index in [0.29, 0.717) is 12.4 Å². The molecule has 1 aromatic rings. The summed E-state index contributed by atoms with van der Waals surface area (Å²) in [6.07, 6.45) is 6.30. The topological polar surface area (TPSA) is 60.2 Å². The smallest absolute Gasteiger partial charge is 0.226 e. The van der Waals surface area contributed by atoms with Crippen molar-refractivity contribution in [3.63, 3.8) is 0 Å². The van der Waals surface area contributed by atoms with Gasteiger partial charge in [-0.1, -0.05) is 19.0 Å². The predicted octanol–water partition coefficient (Wildman–Crippen LogP) is 3.05. The summed E-state index contributed by atoms with van der Waals surface area (Å²) in [6.45, 7) is 9.18. The molecule has 1 fully saturated rings. The lowest BCUT2D eigenvalue weighted by atomic mass is 9.94. The van der Waals surface area contributed by atoms with Gasteiger partial charge in [0.15, 0.2) is 0 Å². The zero-order valence-corrected chi connectivity index (χ0v) is 13.7. The van der Waals surface area contributed by atoms with Gasteiger partial charge in [0.25, 0.3) is 0 Å². The second kappa shape index (κ2) is 7.90. The van der Waals surface area contributed by atoms with Crippen LogP contribution in [0.1, 0.15) is 64.6 Å². The molecule has 5 heteroatoms. The van der Waals surface area contributed by atoms with Crippen molar-refractivity contribution >= 4 is 0 Å². The Morgan fingerprint density at radius 2 is 2.14 bits per heavy atom. The van der Waals surface area contributed by atoms with Crippen LogP contribution in [0.15, 0.2) is 4.52 Å². The lowest BCUT2D eigenvalue weighted by molar-refractivity contribution is -0.0583. The Labute approximate surface area is 127 Å². The molecule has 0 bridgehead atoms. The molecule has 1 saturated heterocycles. The van der Waals surface area contributed by atoms with Gasteiger partial charge in [-0.2, -0.15) is 4.98 Å². The first-order chi connectivity index (χ1) is 10.2. The van der Waals surface area contributed by atoms with Crippen molar-refractivity contribution in [1.82, 2.24) is 15.5 Å². The lowest BCUT2D eigenvalue weighted by Gasteiger charge is -2.27. The molecule has 5 nitrogen and oxygen atoms in total. The first-order valence-corrected chi connectivity index (χ1v) is 8.41. The van der Waals surface area contributed by atoms with Gasteiger partial charge in [0.05, 0.1) is 0 Å². The molecule has 21 heavy (non-hydrogen) atoms. The van der Waals surface area contributed by atoms with Crippen molar-refractivity contribution in [2.24, 2.45) is 5.92 Å². The first kappa shape index (κ1) is 16.4. The van der Waals surface area contributed by atoms with E-state index in [4.69, 9.17) is 9.26 Å². The predicted molar refractivity (Wildman–Crippen MR) is 82.1 cm³/mol. The summed E-state index contributed by atoms with van der Waals surface area (Å²) in [5.41, 5.74) is -0.386. The van der Waals surface area contributed by atoms with Crippen molar-refractivity contribution in [3.8, 4) is 0 Å². The molecule has 0 amide bonds. The van der Waals surface area contributed by atoms with Crippen molar-refractivity contribution in [1.29, 1.82) is 0 Å². The van der Waals surface area contributed by atoms with E-state index >= 15 is 0 Å². The average molecular weight is 295 g/mol. The summed E-state index contributed by atoms with van der Waals surface area (Å²) in [7, 11) is 0. The number of ether oxygens (including phenoxy) is 1. The highest BCUT2D eigenvalue weighted by molar-refractivity contribution is 5.01. The summed E-state index contributed by atoms with van der Waals surface area (Å²) in [5.74, 6) is 2.20. The molecule has 0 aromatic carbocycles. The molecule has 1 N–H and O–H groups in total. The molecule has 0 aliphatic carbocycles. The summed E-state index contributed by atoms with van der Waals surface area (Å²) < 4.78 is 11.4. The molecule has 120 valence electrons. The largest absolute Gasteiger partial charge is 0.367 e. The first-order valence-electron chi connectivity index (χ1n) is 8.41. The number of hydrogen-bond donors (Lipinski definition) is 1. The van der Waals surface area contributed by atoms with Gasteiger partial charge >= 0.3 is 0 Å². The second-order valence-electron chi connectivity index (χ2n) is 5.90. The van der Waals surface area contributed by atoms with Crippen LogP contribution >= 0.6 is 0 Å². The summed E-state index contributed by atoms with van der Waals surface area (Å²) in [4.78, 5) is 4.60. The van der Waals surface area contributed by atoms with Crippen molar-refractivity contribution in [2.45, 2.75) is 64.9 Å². The Hall–Kier alpha value is -0.940. The highest BCUT2D eigenvalue weighted by atomic mass is 16.5. The quantitative estimate of drug-likeness (QED) is 0.798. The molecule has 1 aromatic heterocycles. The van der Waals surface area contributed by atoms with Gasteiger partial charge < -0.3 is 14.6 Å². The van der Waals surface area contributed by atoms with Gasteiger partial charge in [0.1, 0.15) is 5.60 Å².